The Bertz CT molecular complexity index is 442. The number of thiazole rings is 1. The van der Waals surface area contributed by atoms with Crippen LogP contribution in [0.5, 0.6) is 0 Å². The van der Waals surface area contributed by atoms with Crippen LogP contribution in [-0.4, -0.2) is 36.1 Å². The summed E-state index contributed by atoms with van der Waals surface area (Å²) in [4.78, 5) is 9.00. The van der Waals surface area contributed by atoms with Gasteiger partial charge in [0.1, 0.15) is 5.01 Å². The highest BCUT2D eigenvalue weighted by molar-refractivity contribution is 7.11. The van der Waals surface area contributed by atoms with Crippen LogP contribution in [0.4, 0.5) is 0 Å². The van der Waals surface area contributed by atoms with Crippen molar-refractivity contribution in [3.8, 4) is 0 Å². The van der Waals surface area contributed by atoms with E-state index in [1.807, 2.05) is 11.3 Å². The normalized spacial score (nSPS) is 32.1. The SMILES string of the molecule is CCc1nc(C2(NC)CCN3CCCC32)sc1C. The molecule has 1 aromatic heterocycles. The molecule has 2 unspecified atom stereocenters. The summed E-state index contributed by atoms with van der Waals surface area (Å²) in [6.45, 7) is 6.92. The van der Waals surface area contributed by atoms with E-state index in [-0.39, 0.29) is 5.54 Å². The Morgan fingerprint density at radius 1 is 1.50 bits per heavy atom. The molecule has 1 N–H and O–H groups in total. The maximum atomic E-state index is 4.94. The Labute approximate surface area is 114 Å². The molecule has 0 aromatic carbocycles. The molecule has 0 aliphatic carbocycles. The van der Waals surface area contributed by atoms with Gasteiger partial charge in [-0.05, 0) is 46.2 Å². The van der Waals surface area contributed by atoms with Gasteiger partial charge in [0.25, 0.3) is 0 Å². The lowest BCUT2D eigenvalue weighted by Gasteiger charge is -2.33. The van der Waals surface area contributed by atoms with Crippen molar-refractivity contribution in [1.29, 1.82) is 0 Å². The largest absolute Gasteiger partial charge is 0.307 e. The fourth-order valence-electron chi connectivity index (χ4n) is 3.73. The predicted molar refractivity (Wildman–Crippen MR) is 76.2 cm³/mol. The molecule has 100 valence electrons. The first-order chi connectivity index (χ1) is 8.71. The van der Waals surface area contributed by atoms with Gasteiger partial charge in [-0.1, -0.05) is 6.92 Å². The van der Waals surface area contributed by atoms with E-state index in [2.05, 4.69) is 31.1 Å². The zero-order valence-corrected chi connectivity index (χ0v) is 12.4. The molecule has 3 heterocycles. The minimum Gasteiger partial charge on any atom is -0.307 e. The summed E-state index contributed by atoms with van der Waals surface area (Å²) in [6, 6.07) is 0.665. The van der Waals surface area contributed by atoms with Crippen molar-refractivity contribution in [2.45, 2.75) is 51.1 Å². The third-order valence-electron chi connectivity index (χ3n) is 4.78. The lowest BCUT2D eigenvalue weighted by atomic mass is 9.89. The molecule has 2 aliphatic rings. The molecule has 0 spiro atoms. The van der Waals surface area contributed by atoms with Crippen LogP contribution in [0, 0.1) is 6.92 Å². The van der Waals surface area contributed by atoms with Crippen molar-refractivity contribution in [1.82, 2.24) is 15.2 Å². The second kappa shape index (κ2) is 4.58. The fourth-order valence-corrected chi connectivity index (χ4v) is 5.01. The summed E-state index contributed by atoms with van der Waals surface area (Å²) in [5, 5.41) is 4.96. The van der Waals surface area contributed by atoms with Crippen molar-refractivity contribution < 1.29 is 0 Å². The molecule has 3 nitrogen and oxygen atoms in total. The van der Waals surface area contributed by atoms with Gasteiger partial charge in [-0.25, -0.2) is 4.98 Å². The summed E-state index contributed by atoms with van der Waals surface area (Å²) < 4.78 is 0. The summed E-state index contributed by atoms with van der Waals surface area (Å²) in [5.41, 5.74) is 1.42. The molecular formula is C14H23N3S. The van der Waals surface area contributed by atoms with E-state index >= 15 is 0 Å². The van der Waals surface area contributed by atoms with Crippen molar-refractivity contribution in [3.05, 3.63) is 15.6 Å². The lowest BCUT2D eigenvalue weighted by molar-refractivity contribution is 0.235. The topological polar surface area (TPSA) is 28.2 Å². The van der Waals surface area contributed by atoms with E-state index in [9.17, 15) is 0 Å². The smallest absolute Gasteiger partial charge is 0.115 e. The lowest BCUT2D eigenvalue weighted by Crippen LogP contribution is -2.48. The zero-order valence-electron chi connectivity index (χ0n) is 11.6. The van der Waals surface area contributed by atoms with Gasteiger partial charge in [-0.2, -0.15) is 0 Å². The van der Waals surface area contributed by atoms with E-state index < -0.39 is 0 Å². The number of hydrogen-bond acceptors (Lipinski definition) is 4. The first-order valence-electron chi connectivity index (χ1n) is 7.11. The predicted octanol–water partition coefficient (Wildman–Crippen LogP) is 2.30. The number of aryl methyl sites for hydroxylation is 2. The van der Waals surface area contributed by atoms with Crippen molar-refractivity contribution in [2.75, 3.05) is 20.1 Å². The van der Waals surface area contributed by atoms with E-state index in [0.717, 1.165) is 6.42 Å². The number of rotatable bonds is 3. The first kappa shape index (κ1) is 12.6. The van der Waals surface area contributed by atoms with E-state index in [1.54, 1.807) is 0 Å². The van der Waals surface area contributed by atoms with Crippen LogP contribution in [0.1, 0.15) is 41.8 Å². The number of fused-ring (bicyclic) bond motifs is 1. The van der Waals surface area contributed by atoms with Crippen LogP contribution in [0.15, 0.2) is 0 Å². The van der Waals surface area contributed by atoms with Crippen LogP contribution in [0.25, 0.3) is 0 Å². The fraction of sp³-hybridized carbons (Fsp3) is 0.786. The van der Waals surface area contributed by atoms with Gasteiger partial charge in [0, 0.05) is 17.5 Å². The molecule has 2 aliphatic heterocycles. The molecular weight excluding hydrogens is 242 g/mol. The standard InChI is InChI=1S/C14H23N3S/c1-4-11-10(2)18-13(16-11)14(15-3)7-9-17-8-5-6-12(14)17/h12,15H,4-9H2,1-3H3. The Hall–Kier alpha value is -0.450. The molecule has 2 atom stereocenters. The maximum Gasteiger partial charge on any atom is 0.115 e. The van der Waals surface area contributed by atoms with Gasteiger partial charge >= 0.3 is 0 Å². The summed E-state index contributed by atoms with van der Waals surface area (Å²) in [6.07, 6.45) is 4.93. The maximum absolute atomic E-state index is 4.94. The Morgan fingerprint density at radius 3 is 3.00 bits per heavy atom. The van der Waals surface area contributed by atoms with Crippen LogP contribution in [-0.2, 0) is 12.0 Å². The van der Waals surface area contributed by atoms with Gasteiger partial charge < -0.3 is 5.32 Å². The minimum absolute atomic E-state index is 0.124. The van der Waals surface area contributed by atoms with Crippen LogP contribution < -0.4 is 5.32 Å². The third kappa shape index (κ3) is 1.66. The van der Waals surface area contributed by atoms with E-state index in [1.165, 1.54) is 47.9 Å². The van der Waals surface area contributed by atoms with Crippen LogP contribution in [0.3, 0.4) is 0 Å². The summed E-state index contributed by atoms with van der Waals surface area (Å²) >= 11 is 1.91. The van der Waals surface area contributed by atoms with Crippen molar-refractivity contribution >= 4 is 11.3 Å². The Kier molecular flexibility index (Phi) is 3.20. The van der Waals surface area contributed by atoms with Gasteiger partial charge in [0.2, 0.25) is 0 Å². The number of likely N-dealkylation sites (N-methyl/N-ethyl adjacent to an activating group) is 1. The second-order valence-corrected chi connectivity index (χ2v) is 6.74. The molecule has 2 saturated heterocycles. The van der Waals surface area contributed by atoms with E-state index in [0.29, 0.717) is 6.04 Å². The quantitative estimate of drug-likeness (QED) is 0.909. The second-order valence-electron chi connectivity index (χ2n) is 5.54. The third-order valence-corrected chi connectivity index (χ3v) is 5.97. The van der Waals surface area contributed by atoms with E-state index in [4.69, 9.17) is 4.98 Å². The molecule has 18 heavy (non-hydrogen) atoms. The highest BCUT2D eigenvalue weighted by Gasteiger charge is 2.51. The number of hydrogen-bond donors (Lipinski definition) is 1. The first-order valence-corrected chi connectivity index (χ1v) is 7.92. The molecule has 0 saturated carbocycles. The average Bonchev–Trinajstić information content (AvgIpc) is 3.03. The molecule has 4 heteroatoms. The Morgan fingerprint density at radius 2 is 2.33 bits per heavy atom. The Balaban J connectivity index is 2.00. The molecule has 0 radical (unpaired) electrons. The van der Waals surface area contributed by atoms with Gasteiger partial charge in [-0.3, -0.25) is 4.90 Å². The molecule has 0 bridgehead atoms. The number of nitrogens with zero attached hydrogens (tertiary/aromatic N) is 2. The number of aromatic nitrogens is 1. The van der Waals surface area contributed by atoms with Gasteiger partial charge in [-0.15, -0.1) is 11.3 Å². The molecule has 2 fully saturated rings. The monoisotopic (exact) mass is 265 g/mol. The molecule has 0 amide bonds. The van der Waals surface area contributed by atoms with Crippen molar-refractivity contribution in [2.24, 2.45) is 0 Å². The van der Waals surface area contributed by atoms with Crippen LogP contribution in [0.2, 0.25) is 0 Å². The highest BCUT2D eigenvalue weighted by Crippen LogP contribution is 2.44. The van der Waals surface area contributed by atoms with Gasteiger partial charge in [0.05, 0.1) is 11.2 Å². The molecule has 3 rings (SSSR count). The minimum atomic E-state index is 0.124. The van der Waals surface area contributed by atoms with Crippen LogP contribution >= 0.6 is 11.3 Å². The summed E-state index contributed by atoms with van der Waals surface area (Å²) in [5.74, 6) is 0. The molecule has 1 aromatic rings. The zero-order chi connectivity index (χ0) is 12.8. The average molecular weight is 265 g/mol. The highest BCUT2D eigenvalue weighted by atomic mass is 32.1. The number of nitrogens with one attached hydrogen (secondary N) is 1. The summed E-state index contributed by atoms with van der Waals surface area (Å²) in [7, 11) is 2.12. The van der Waals surface area contributed by atoms with Crippen molar-refractivity contribution in [3.63, 3.8) is 0 Å². The van der Waals surface area contributed by atoms with Gasteiger partial charge in [0.15, 0.2) is 0 Å².